The summed E-state index contributed by atoms with van der Waals surface area (Å²) in [5, 5.41) is 7.45. The monoisotopic (exact) mass is 369 g/mol. The topological polar surface area (TPSA) is 78.9 Å². The first-order chi connectivity index (χ1) is 11.9. The second-order valence-corrected chi connectivity index (χ2v) is 7.00. The van der Waals surface area contributed by atoms with Crippen LogP contribution in [0.2, 0.25) is 0 Å². The lowest BCUT2D eigenvalue weighted by Crippen LogP contribution is -2.38. The van der Waals surface area contributed by atoms with Gasteiger partial charge in [0.15, 0.2) is 5.96 Å². The van der Waals surface area contributed by atoms with Gasteiger partial charge in [-0.25, -0.2) is 9.78 Å². The second-order valence-electron chi connectivity index (χ2n) is 5.97. The van der Waals surface area contributed by atoms with E-state index in [9.17, 15) is 4.79 Å². The van der Waals surface area contributed by atoms with Gasteiger partial charge in [0.1, 0.15) is 9.88 Å². The molecule has 0 aliphatic carbocycles. The number of esters is 1. The summed E-state index contributed by atoms with van der Waals surface area (Å²) in [5.41, 5.74) is 0.708. The summed E-state index contributed by atoms with van der Waals surface area (Å²) in [5.74, 6) is 0.458. The summed E-state index contributed by atoms with van der Waals surface area (Å²) in [7, 11) is 4.11. The van der Waals surface area contributed by atoms with E-state index in [2.05, 4.69) is 39.6 Å². The first-order valence-electron chi connectivity index (χ1n) is 8.73. The molecule has 0 spiro atoms. The van der Waals surface area contributed by atoms with Crippen molar-refractivity contribution in [3.8, 4) is 0 Å². The average Bonchev–Trinajstić information content (AvgIpc) is 2.93. The summed E-state index contributed by atoms with van der Waals surface area (Å²) in [6, 6.07) is -0.0430. The number of aromatic nitrogens is 1. The van der Waals surface area contributed by atoms with Crippen LogP contribution in [-0.2, 0) is 4.74 Å². The predicted molar refractivity (Wildman–Crippen MR) is 104 cm³/mol. The molecule has 0 aliphatic heterocycles. The molecule has 1 unspecified atom stereocenters. The van der Waals surface area contributed by atoms with E-state index >= 15 is 0 Å². The molecule has 0 amide bonds. The highest BCUT2D eigenvalue weighted by Gasteiger charge is 2.20. The number of rotatable bonds is 9. The van der Waals surface area contributed by atoms with Gasteiger partial charge in [0, 0.05) is 13.1 Å². The van der Waals surface area contributed by atoms with Gasteiger partial charge in [0.2, 0.25) is 0 Å². The highest BCUT2D eigenvalue weighted by Crippen LogP contribution is 2.24. The Labute approximate surface area is 154 Å². The minimum atomic E-state index is -0.305. The molecular formula is C17H31N5O2S. The zero-order chi connectivity index (χ0) is 18.8. The average molecular weight is 370 g/mol. The number of hydrogen-bond donors (Lipinski definition) is 2. The Kier molecular flexibility index (Phi) is 9.44. The fourth-order valence-corrected chi connectivity index (χ4v) is 3.12. The Morgan fingerprint density at radius 3 is 2.72 bits per heavy atom. The van der Waals surface area contributed by atoms with Crippen molar-refractivity contribution >= 4 is 23.3 Å². The van der Waals surface area contributed by atoms with E-state index in [0.717, 1.165) is 37.0 Å². The van der Waals surface area contributed by atoms with Gasteiger partial charge < -0.3 is 20.3 Å². The SMILES string of the molecule is CCNC(=NCCCN(C)C)NC(C)c1nc(C)c(C(=O)OCC)s1. The molecule has 0 aliphatic rings. The summed E-state index contributed by atoms with van der Waals surface area (Å²) in [4.78, 5) is 23.8. The van der Waals surface area contributed by atoms with Crippen LogP contribution in [0.4, 0.5) is 0 Å². The molecule has 142 valence electrons. The van der Waals surface area contributed by atoms with Gasteiger partial charge in [-0.3, -0.25) is 4.99 Å². The molecule has 1 rings (SSSR count). The van der Waals surface area contributed by atoms with Crippen molar-refractivity contribution in [2.24, 2.45) is 4.99 Å². The maximum atomic E-state index is 11.9. The predicted octanol–water partition coefficient (Wildman–Crippen LogP) is 2.20. The Hall–Kier alpha value is -1.67. The standard InChI is InChI=1S/C17H31N5O2S/c1-7-18-17(19-10-9-11-22(5)6)21-13(4)15-20-12(3)14(25-15)16(23)24-8-2/h13H,7-11H2,1-6H3,(H2,18,19,21). The van der Waals surface area contributed by atoms with E-state index in [4.69, 9.17) is 4.74 Å². The summed E-state index contributed by atoms with van der Waals surface area (Å²) in [6.45, 7) is 10.6. The van der Waals surface area contributed by atoms with Crippen LogP contribution >= 0.6 is 11.3 Å². The lowest BCUT2D eigenvalue weighted by molar-refractivity contribution is 0.0531. The molecule has 8 heteroatoms. The highest BCUT2D eigenvalue weighted by atomic mass is 32.1. The number of nitrogens with zero attached hydrogens (tertiary/aromatic N) is 3. The molecule has 25 heavy (non-hydrogen) atoms. The van der Waals surface area contributed by atoms with Gasteiger partial charge in [-0.1, -0.05) is 0 Å². The van der Waals surface area contributed by atoms with Crippen molar-refractivity contribution < 1.29 is 9.53 Å². The van der Waals surface area contributed by atoms with E-state index < -0.39 is 0 Å². The maximum Gasteiger partial charge on any atom is 0.350 e. The molecule has 1 aromatic heterocycles. The maximum absolute atomic E-state index is 11.9. The number of thiazole rings is 1. The molecule has 0 bridgehead atoms. The van der Waals surface area contributed by atoms with Gasteiger partial charge >= 0.3 is 5.97 Å². The summed E-state index contributed by atoms with van der Waals surface area (Å²) >= 11 is 1.37. The van der Waals surface area contributed by atoms with E-state index in [1.54, 1.807) is 6.92 Å². The fraction of sp³-hybridized carbons (Fsp3) is 0.706. The Balaban J connectivity index is 2.73. The third kappa shape index (κ3) is 7.39. The molecule has 0 saturated heterocycles. The van der Waals surface area contributed by atoms with Crippen LogP contribution in [0, 0.1) is 6.92 Å². The van der Waals surface area contributed by atoms with Crippen molar-refractivity contribution in [2.45, 2.75) is 40.2 Å². The minimum absolute atomic E-state index is 0.0430. The van der Waals surface area contributed by atoms with E-state index in [1.807, 2.05) is 20.8 Å². The fourth-order valence-electron chi connectivity index (χ4n) is 2.15. The molecule has 0 aromatic carbocycles. The van der Waals surface area contributed by atoms with Crippen molar-refractivity contribution in [3.63, 3.8) is 0 Å². The van der Waals surface area contributed by atoms with Crippen LogP contribution < -0.4 is 10.6 Å². The number of nitrogens with one attached hydrogen (secondary N) is 2. The van der Waals surface area contributed by atoms with Gasteiger partial charge in [0.25, 0.3) is 0 Å². The Morgan fingerprint density at radius 1 is 1.40 bits per heavy atom. The molecule has 1 aromatic rings. The summed E-state index contributed by atoms with van der Waals surface area (Å²) < 4.78 is 5.08. The number of hydrogen-bond acceptors (Lipinski definition) is 6. The Morgan fingerprint density at radius 2 is 2.12 bits per heavy atom. The van der Waals surface area contributed by atoms with Gasteiger partial charge in [0.05, 0.1) is 18.3 Å². The normalized spacial score (nSPS) is 13.0. The number of aliphatic imine (C=N–C) groups is 1. The second kappa shape index (κ2) is 11.0. The molecule has 0 radical (unpaired) electrons. The zero-order valence-electron chi connectivity index (χ0n) is 16.2. The third-order valence-corrected chi connectivity index (χ3v) is 4.70. The van der Waals surface area contributed by atoms with Gasteiger partial charge in [-0.15, -0.1) is 11.3 Å². The molecular weight excluding hydrogens is 338 g/mol. The van der Waals surface area contributed by atoms with E-state index in [-0.39, 0.29) is 12.0 Å². The van der Waals surface area contributed by atoms with Crippen LogP contribution in [-0.4, -0.2) is 62.1 Å². The number of ether oxygens (including phenoxy) is 1. The first-order valence-corrected chi connectivity index (χ1v) is 9.54. The number of aryl methyl sites for hydroxylation is 1. The third-order valence-electron chi connectivity index (χ3n) is 3.38. The van der Waals surface area contributed by atoms with Crippen LogP contribution in [0.15, 0.2) is 4.99 Å². The lowest BCUT2D eigenvalue weighted by Gasteiger charge is -2.16. The largest absolute Gasteiger partial charge is 0.462 e. The molecule has 0 fully saturated rings. The molecule has 7 nitrogen and oxygen atoms in total. The zero-order valence-corrected chi connectivity index (χ0v) is 17.0. The van der Waals surface area contributed by atoms with E-state index in [0.29, 0.717) is 17.2 Å². The molecule has 2 N–H and O–H groups in total. The number of guanidine groups is 1. The van der Waals surface area contributed by atoms with Crippen LogP contribution in [0.25, 0.3) is 0 Å². The lowest BCUT2D eigenvalue weighted by atomic mass is 10.3. The van der Waals surface area contributed by atoms with Gasteiger partial charge in [-0.2, -0.15) is 0 Å². The quantitative estimate of drug-likeness (QED) is 0.301. The van der Waals surface area contributed by atoms with Crippen molar-refractivity contribution in [2.75, 3.05) is 40.3 Å². The van der Waals surface area contributed by atoms with Crippen LogP contribution in [0.1, 0.15) is 53.6 Å². The number of carbonyl (C=O) groups is 1. The van der Waals surface area contributed by atoms with Crippen LogP contribution in [0.5, 0.6) is 0 Å². The van der Waals surface area contributed by atoms with E-state index in [1.165, 1.54) is 11.3 Å². The smallest absolute Gasteiger partial charge is 0.350 e. The number of carbonyl (C=O) groups excluding carboxylic acids is 1. The van der Waals surface area contributed by atoms with Crippen LogP contribution in [0.3, 0.4) is 0 Å². The highest BCUT2D eigenvalue weighted by molar-refractivity contribution is 7.13. The first kappa shape index (κ1) is 21.4. The molecule has 1 heterocycles. The minimum Gasteiger partial charge on any atom is -0.462 e. The van der Waals surface area contributed by atoms with Gasteiger partial charge in [-0.05, 0) is 54.8 Å². The molecule has 1 atom stereocenters. The van der Waals surface area contributed by atoms with Crippen molar-refractivity contribution in [1.29, 1.82) is 0 Å². The Bertz CT molecular complexity index is 571. The van der Waals surface area contributed by atoms with Crippen molar-refractivity contribution in [3.05, 3.63) is 15.6 Å². The summed E-state index contributed by atoms with van der Waals surface area (Å²) in [6.07, 6.45) is 1.00. The molecule has 0 saturated carbocycles. The van der Waals surface area contributed by atoms with Crippen molar-refractivity contribution in [1.82, 2.24) is 20.5 Å².